The number of carbonyl (C=O) groups excluding carboxylic acids is 1. The Morgan fingerprint density at radius 3 is 2.50 bits per heavy atom. The second-order valence-electron chi connectivity index (χ2n) is 6.11. The van der Waals surface area contributed by atoms with Crippen LogP contribution in [0.15, 0.2) is 60.9 Å². The highest BCUT2D eigenvalue weighted by molar-refractivity contribution is 6.06. The summed E-state index contributed by atoms with van der Waals surface area (Å²) < 4.78 is 16.3. The number of aromatic nitrogens is 1. The van der Waals surface area contributed by atoms with Gasteiger partial charge in [0.25, 0.3) is 11.6 Å². The van der Waals surface area contributed by atoms with Crippen molar-refractivity contribution in [3.05, 3.63) is 82.2 Å². The summed E-state index contributed by atoms with van der Waals surface area (Å²) in [4.78, 5) is 27.2. The van der Waals surface area contributed by atoms with Crippen LogP contribution in [0.25, 0.3) is 0 Å². The minimum absolute atomic E-state index is 0.0420. The molecule has 2 aromatic carbocycles. The third kappa shape index (κ3) is 4.82. The van der Waals surface area contributed by atoms with Gasteiger partial charge in [0.2, 0.25) is 0 Å². The molecule has 3 rings (SSSR count). The maximum absolute atomic E-state index is 12.7. The van der Waals surface area contributed by atoms with Crippen LogP contribution >= 0.6 is 0 Å². The molecule has 0 spiro atoms. The molecule has 1 aromatic heterocycles. The highest BCUT2D eigenvalue weighted by Crippen LogP contribution is 2.32. The zero-order chi connectivity index (χ0) is 21.5. The van der Waals surface area contributed by atoms with Crippen molar-refractivity contribution in [1.82, 2.24) is 4.98 Å². The van der Waals surface area contributed by atoms with Crippen LogP contribution in [0.4, 0.5) is 11.4 Å². The Labute approximate surface area is 172 Å². The molecule has 0 bridgehead atoms. The molecule has 1 heterocycles. The van der Waals surface area contributed by atoms with E-state index in [0.717, 1.165) is 11.6 Å². The van der Waals surface area contributed by atoms with Gasteiger partial charge in [-0.3, -0.25) is 19.9 Å². The Bertz CT molecular complexity index is 1060. The monoisotopic (exact) mass is 409 g/mol. The Hall–Kier alpha value is -4.14. The summed E-state index contributed by atoms with van der Waals surface area (Å²) in [6.45, 7) is 0.264. The number of anilines is 1. The highest BCUT2D eigenvalue weighted by Gasteiger charge is 2.18. The van der Waals surface area contributed by atoms with Gasteiger partial charge in [0.05, 0.1) is 24.7 Å². The van der Waals surface area contributed by atoms with Gasteiger partial charge in [0, 0.05) is 41.8 Å². The lowest BCUT2D eigenvalue weighted by molar-refractivity contribution is -0.384. The molecule has 0 saturated heterocycles. The van der Waals surface area contributed by atoms with E-state index in [9.17, 15) is 14.9 Å². The number of nitro benzene ring substituents is 1. The van der Waals surface area contributed by atoms with Crippen LogP contribution in [0.2, 0.25) is 0 Å². The smallest absolute Gasteiger partial charge is 0.270 e. The van der Waals surface area contributed by atoms with Crippen LogP contribution in [0.3, 0.4) is 0 Å². The minimum atomic E-state index is -0.575. The first-order valence-corrected chi connectivity index (χ1v) is 8.85. The van der Waals surface area contributed by atoms with E-state index in [4.69, 9.17) is 14.2 Å². The van der Waals surface area contributed by atoms with E-state index in [-0.39, 0.29) is 23.6 Å². The van der Waals surface area contributed by atoms with E-state index in [2.05, 4.69) is 10.3 Å². The van der Waals surface area contributed by atoms with Gasteiger partial charge in [-0.25, -0.2) is 0 Å². The molecular weight excluding hydrogens is 390 g/mol. The van der Waals surface area contributed by atoms with Gasteiger partial charge in [-0.05, 0) is 24.3 Å². The Balaban J connectivity index is 1.82. The highest BCUT2D eigenvalue weighted by atomic mass is 16.6. The number of non-ortho nitro benzene ring substituents is 1. The van der Waals surface area contributed by atoms with E-state index in [1.165, 1.54) is 26.4 Å². The molecule has 0 fully saturated rings. The Morgan fingerprint density at radius 1 is 1.07 bits per heavy atom. The first kappa shape index (κ1) is 20.6. The van der Waals surface area contributed by atoms with Crippen LogP contribution in [-0.4, -0.2) is 30.0 Å². The fraction of sp³-hybridized carbons (Fsp3) is 0.143. The van der Waals surface area contributed by atoms with Crippen LogP contribution in [0.1, 0.15) is 15.9 Å². The lowest BCUT2D eigenvalue weighted by atomic mass is 10.1. The Kier molecular flexibility index (Phi) is 6.43. The fourth-order valence-corrected chi connectivity index (χ4v) is 2.70. The predicted octanol–water partition coefficient (Wildman–Crippen LogP) is 3.84. The van der Waals surface area contributed by atoms with Crippen molar-refractivity contribution in [2.75, 3.05) is 19.5 Å². The second kappa shape index (κ2) is 9.37. The lowest BCUT2D eigenvalue weighted by Gasteiger charge is -2.14. The molecule has 1 N–H and O–H groups in total. The molecule has 3 aromatic rings. The topological polar surface area (TPSA) is 113 Å². The maximum atomic E-state index is 12.7. The van der Waals surface area contributed by atoms with Crippen LogP contribution in [-0.2, 0) is 6.61 Å². The van der Waals surface area contributed by atoms with Gasteiger partial charge in [0.1, 0.15) is 12.4 Å². The van der Waals surface area contributed by atoms with Gasteiger partial charge in [-0.15, -0.1) is 0 Å². The Morgan fingerprint density at radius 2 is 1.83 bits per heavy atom. The van der Waals surface area contributed by atoms with Crippen molar-refractivity contribution < 1.29 is 23.9 Å². The number of nitro groups is 1. The number of benzene rings is 2. The second-order valence-corrected chi connectivity index (χ2v) is 6.11. The van der Waals surface area contributed by atoms with Crippen LogP contribution < -0.4 is 19.5 Å². The molecular formula is C21H19N3O6. The van der Waals surface area contributed by atoms with Gasteiger partial charge < -0.3 is 19.5 Å². The average Bonchev–Trinajstić information content (AvgIpc) is 2.78. The number of ether oxygens (including phenoxy) is 3. The number of carbonyl (C=O) groups is 1. The summed E-state index contributed by atoms with van der Waals surface area (Å²) in [5.74, 6) is 0.577. The molecule has 30 heavy (non-hydrogen) atoms. The van der Waals surface area contributed by atoms with Crippen molar-refractivity contribution >= 4 is 17.3 Å². The zero-order valence-corrected chi connectivity index (χ0v) is 16.3. The number of hydrogen-bond acceptors (Lipinski definition) is 7. The normalized spacial score (nSPS) is 10.2. The molecule has 1 amide bonds. The number of nitrogens with one attached hydrogen (secondary N) is 1. The van der Waals surface area contributed by atoms with E-state index in [1.807, 2.05) is 6.07 Å². The molecule has 0 radical (unpaired) electrons. The fourth-order valence-electron chi connectivity index (χ4n) is 2.70. The van der Waals surface area contributed by atoms with Gasteiger partial charge >= 0.3 is 0 Å². The standard InChI is InChI=1S/C21H19N3O6/c1-28-18-8-6-16(24(26)27)11-17(18)21(25)23-15-5-7-19(29-2)20(10-15)30-13-14-4-3-9-22-12-14/h3-12H,13H2,1-2H3,(H,23,25). The van der Waals surface area contributed by atoms with Crippen molar-refractivity contribution in [2.45, 2.75) is 6.61 Å². The largest absolute Gasteiger partial charge is 0.496 e. The molecule has 9 heteroatoms. The number of methoxy groups -OCH3 is 2. The molecule has 9 nitrogen and oxygen atoms in total. The molecule has 0 aliphatic carbocycles. The third-order valence-corrected chi connectivity index (χ3v) is 4.18. The van der Waals surface area contributed by atoms with Crippen LogP contribution in [0, 0.1) is 10.1 Å². The number of hydrogen-bond donors (Lipinski definition) is 1. The summed E-state index contributed by atoms with van der Waals surface area (Å²) in [5.41, 5.74) is 1.13. The predicted molar refractivity (Wildman–Crippen MR) is 109 cm³/mol. The number of pyridine rings is 1. The molecule has 0 atom stereocenters. The quantitative estimate of drug-likeness (QED) is 0.444. The molecule has 0 saturated carbocycles. The third-order valence-electron chi connectivity index (χ3n) is 4.18. The van der Waals surface area contributed by atoms with Crippen molar-refractivity contribution in [3.8, 4) is 17.2 Å². The van der Waals surface area contributed by atoms with E-state index in [0.29, 0.717) is 17.2 Å². The van der Waals surface area contributed by atoms with E-state index < -0.39 is 10.8 Å². The number of nitrogens with zero attached hydrogens (tertiary/aromatic N) is 2. The zero-order valence-electron chi connectivity index (χ0n) is 16.3. The first-order chi connectivity index (χ1) is 14.5. The first-order valence-electron chi connectivity index (χ1n) is 8.85. The summed E-state index contributed by atoms with van der Waals surface area (Å²) in [5, 5.41) is 13.7. The van der Waals surface area contributed by atoms with Crippen molar-refractivity contribution in [1.29, 1.82) is 0 Å². The molecule has 0 unspecified atom stereocenters. The summed E-state index contributed by atoms with van der Waals surface area (Å²) in [6, 6.07) is 12.4. The van der Waals surface area contributed by atoms with E-state index in [1.54, 1.807) is 36.7 Å². The number of rotatable bonds is 8. The summed E-state index contributed by atoms with van der Waals surface area (Å²) in [6.07, 6.45) is 3.36. The van der Waals surface area contributed by atoms with Crippen LogP contribution in [0.5, 0.6) is 17.2 Å². The molecule has 154 valence electrons. The molecule has 0 aliphatic rings. The summed E-state index contributed by atoms with van der Waals surface area (Å²) >= 11 is 0. The maximum Gasteiger partial charge on any atom is 0.270 e. The lowest BCUT2D eigenvalue weighted by Crippen LogP contribution is -2.13. The summed E-state index contributed by atoms with van der Waals surface area (Å²) in [7, 11) is 2.90. The SMILES string of the molecule is COc1ccc(NC(=O)c2cc([N+](=O)[O-])ccc2OC)cc1OCc1cccnc1. The van der Waals surface area contributed by atoms with Gasteiger partial charge in [-0.2, -0.15) is 0 Å². The van der Waals surface area contributed by atoms with Crippen molar-refractivity contribution in [3.63, 3.8) is 0 Å². The van der Waals surface area contributed by atoms with Crippen molar-refractivity contribution in [2.24, 2.45) is 0 Å². The van der Waals surface area contributed by atoms with Gasteiger partial charge in [0.15, 0.2) is 11.5 Å². The van der Waals surface area contributed by atoms with Gasteiger partial charge in [-0.1, -0.05) is 6.07 Å². The minimum Gasteiger partial charge on any atom is -0.496 e. The average molecular weight is 409 g/mol. The van der Waals surface area contributed by atoms with E-state index >= 15 is 0 Å². The molecule has 0 aliphatic heterocycles. The number of amides is 1.